The zero-order valence-electron chi connectivity index (χ0n) is 10.3. The minimum absolute atomic E-state index is 0.250. The molecule has 1 aromatic carbocycles. The monoisotopic (exact) mass is 250 g/mol. The van der Waals surface area contributed by atoms with Crippen molar-refractivity contribution < 1.29 is 23.1 Å². The number of carbonyl (C=O) groups is 1. The Kier molecular flexibility index (Phi) is 9.05. The molecule has 0 saturated carbocycles. The van der Waals surface area contributed by atoms with E-state index < -0.39 is 11.7 Å². The molecule has 5 heteroatoms. The summed E-state index contributed by atoms with van der Waals surface area (Å²) in [4.78, 5) is 8.36. The molecule has 1 rings (SSSR count). The fraction of sp³-hybridized carbons (Fsp3) is 0.417. The topological polar surface area (TPSA) is 37.3 Å². The minimum atomic E-state index is -4.23. The van der Waals surface area contributed by atoms with Crippen LogP contribution in [0.1, 0.15) is 30.5 Å². The molecule has 2 nitrogen and oxygen atoms in total. The van der Waals surface area contributed by atoms with E-state index in [0.717, 1.165) is 12.1 Å². The first kappa shape index (κ1) is 17.9. The summed E-state index contributed by atoms with van der Waals surface area (Å²) in [6.07, 6.45) is -4.23. The number of aryl methyl sites for hydroxylation is 2. The third-order valence-corrected chi connectivity index (χ3v) is 1.55. The van der Waals surface area contributed by atoms with Crippen molar-refractivity contribution in [1.82, 2.24) is 0 Å². The van der Waals surface area contributed by atoms with E-state index in [1.807, 2.05) is 13.8 Å². The molecule has 0 atom stereocenters. The van der Waals surface area contributed by atoms with Crippen molar-refractivity contribution in [3.05, 3.63) is 34.9 Å². The van der Waals surface area contributed by atoms with E-state index in [0.29, 0.717) is 11.1 Å². The SMILES string of the molecule is CC.Cc1cc(C)cc(C(F)(F)F)c1.O=CO. The molecule has 0 saturated heterocycles. The zero-order valence-corrected chi connectivity index (χ0v) is 10.3. The number of hydrogen-bond donors (Lipinski definition) is 1. The lowest BCUT2D eigenvalue weighted by Crippen LogP contribution is -2.05. The third-order valence-electron chi connectivity index (χ3n) is 1.55. The molecule has 0 aliphatic carbocycles. The summed E-state index contributed by atoms with van der Waals surface area (Å²) >= 11 is 0. The standard InChI is InChI=1S/C9H9F3.C2H6.CH2O2/c1-6-3-7(2)5-8(4-6)9(10,11)12;1-2;2-1-3/h3-5H,1-2H3;1-2H3;1H,(H,2,3). The van der Waals surface area contributed by atoms with Gasteiger partial charge in [0.25, 0.3) is 6.47 Å². The molecule has 1 aromatic rings. The summed E-state index contributed by atoms with van der Waals surface area (Å²) in [5.41, 5.74) is 0.713. The van der Waals surface area contributed by atoms with Crippen molar-refractivity contribution in [2.45, 2.75) is 33.9 Å². The molecule has 0 heterocycles. The predicted octanol–water partition coefficient (Wildman–Crippen LogP) is 4.05. The quantitative estimate of drug-likeness (QED) is 0.705. The number of benzene rings is 1. The Morgan fingerprint density at radius 1 is 1.06 bits per heavy atom. The third kappa shape index (κ3) is 8.30. The second-order valence-electron chi connectivity index (χ2n) is 2.98. The lowest BCUT2D eigenvalue weighted by atomic mass is 10.1. The van der Waals surface area contributed by atoms with Gasteiger partial charge in [-0.25, -0.2) is 0 Å². The van der Waals surface area contributed by atoms with Crippen LogP contribution in [0.3, 0.4) is 0 Å². The van der Waals surface area contributed by atoms with E-state index in [-0.39, 0.29) is 6.47 Å². The van der Waals surface area contributed by atoms with E-state index in [1.54, 1.807) is 19.9 Å². The fourth-order valence-electron chi connectivity index (χ4n) is 1.14. The highest BCUT2D eigenvalue weighted by molar-refractivity contribution is 5.32. The van der Waals surface area contributed by atoms with E-state index in [1.165, 1.54) is 0 Å². The molecule has 17 heavy (non-hydrogen) atoms. The van der Waals surface area contributed by atoms with Crippen molar-refractivity contribution in [2.75, 3.05) is 0 Å². The number of rotatable bonds is 0. The van der Waals surface area contributed by atoms with Gasteiger partial charge in [-0.05, 0) is 26.0 Å². The molecule has 98 valence electrons. The van der Waals surface area contributed by atoms with Crippen LogP contribution >= 0.6 is 0 Å². The van der Waals surface area contributed by atoms with Crippen molar-refractivity contribution in [2.24, 2.45) is 0 Å². The van der Waals surface area contributed by atoms with E-state index in [2.05, 4.69) is 0 Å². The smallest absolute Gasteiger partial charge is 0.416 e. The molecule has 0 aromatic heterocycles. The Morgan fingerprint density at radius 3 is 1.59 bits per heavy atom. The summed E-state index contributed by atoms with van der Waals surface area (Å²) in [5.74, 6) is 0. The summed E-state index contributed by atoms with van der Waals surface area (Å²) in [7, 11) is 0. The molecule has 1 N–H and O–H groups in total. The van der Waals surface area contributed by atoms with Crippen molar-refractivity contribution in [3.63, 3.8) is 0 Å². The zero-order chi connectivity index (χ0) is 14.1. The van der Waals surface area contributed by atoms with Gasteiger partial charge in [-0.15, -0.1) is 0 Å². The first-order valence-electron chi connectivity index (χ1n) is 5.04. The molecule has 0 fully saturated rings. The van der Waals surface area contributed by atoms with Gasteiger partial charge in [-0.1, -0.05) is 31.0 Å². The first-order valence-corrected chi connectivity index (χ1v) is 5.04. The van der Waals surface area contributed by atoms with Gasteiger partial charge in [0.2, 0.25) is 0 Å². The van der Waals surface area contributed by atoms with Gasteiger partial charge in [0.15, 0.2) is 0 Å². The summed E-state index contributed by atoms with van der Waals surface area (Å²) < 4.78 is 36.4. The largest absolute Gasteiger partial charge is 0.483 e. The van der Waals surface area contributed by atoms with Crippen LogP contribution in [-0.4, -0.2) is 11.6 Å². The lowest BCUT2D eigenvalue weighted by molar-refractivity contribution is -0.137. The van der Waals surface area contributed by atoms with Crippen molar-refractivity contribution in [1.29, 1.82) is 0 Å². The molecule has 0 aliphatic heterocycles. The average molecular weight is 250 g/mol. The maximum Gasteiger partial charge on any atom is 0.416 e. The summed E-state index contributed by atoms with van der Waals surface area (Å²) in [6, 6.07) is 4.01. The lowest BCUT2D eigenvalue weighted by Gasteiger charge is -2.08. The maximum atomic E-state index is 12.1. The van der Waals surface area contributed by atoms with Gasteiger partial charge in [-0.3, -0.25) is 4.79 Å². The van der Waals surface area contributed by atoms with Gasteiger partial charge >= 0.3 is 6.18 Å². The van der Waals surface area contributed by atoms with Crippen LogP contribution in [0, 0.1) is 13.8 Å². The van der Waals surface area contributed by atoms with Gasteiger partial charge in [-0.2, -0.15) is 13.2 Å². The summed E-state index contributed by atoms with van der Waals surface area (Å²) in [5, 5.41) is 6.89. The Morgan fingerprint density at radius 2 is 1.35 bits per heavy atom. The second kappa shape index (κ2) is 8.61. The van der Waals surface area contributed by atoms with Crippen LogP contribution in [0.2, 0.25) is 0 Å². The van der Waals surface area contributed by atoms with Crippen LogP contribution in [0.4, 0.5) is 13.2 Å². The maximum absolute atomic E-state index is 12.1. The molecule has 0 radical (unpaired) electrons. The van der Waals surface area contributed by atoms with Gasteiger partial charge < -0.3 is 5.11 Å². The van der Waals surface area contributed by atoms with Crippen LogP contribution in [0.25, 0.3) is 0 Å². The molecule has 0 spiro atoms. The van der Waals surface area contributed by atoms with Gasteiger partial charge in [0.1, 0.15) is 0 Å². The van der Waals surface area contributed by atoms with Crippen LogP contribution in [0.15, 0.2) is 18.2 Å². The number of alkyl halides is 3. The average Bonchev–Trinajstić information content (AvgIpc) is 2.19. The van der Waals surface area contributed by atoms with Crippen LogP contribution < -0.4 is 0 Å². The highest BCUT2D eigenvalue weighted by Crippen LogP contribution is 2.30. The molecular weight excluding hydrogens is 233 g/mol. The van der Waals surface area contributed by atoms with Crippen LogP contribution in [-0.2, 0) is 11.0 Å². The first-order chi connectivity index (χ1) is 7.81. The van der Waals surface area contributed by atoms with Gasteiger partial charge in [0, 0.05) is 0 Å². The Balaban J connectivity index is 0. The predicted molar refractivity (Wildman–Crippen MR) is 61.0 cm³/mol. The van der Waals surface area contributed by atoms with E-state index >= 15 is 0 Å². The van der Waals surface area contributed by atoms with E-state index in [4.69, 9.17) is 9.90 Å². The Bertz CT molecular complexity index is 313. The summed E-state index contributed by atoms with van der Waals surface area (Å²) in [6.45, 7) is 7.06. The molecule has 0 bridgehead atoms. The Labute approximate surface area is 99.1 Å². The number of halogens is 3. The fourth-order valence-corrected chi connectivity index (χ4v) is 1.14. The van der Waals surface area contributed by atoms with E-state index in [9.17, 15) is 13.2 Å². The van der Waals surface area contributed by atoms with Crippen molar-refractivity contribution in [3.8, 4) is 0 Å². The highest BCUT2D eigenvalue weighted by atomic mass is 19.4. The van der Waals surface area contributed by atoms with Crippen LogP contribution in [0.5, 0.6) is 0 Å². The normalized spacial score (nSPS) is 9.35. The Hall–Kier alpha value is -1.52. The van der Waals surface area contributed by atoms with Gasteiger partial charge in [0.05, 0.1) is 5.56 Å². The molecule has 0 unspecified atom stereocenters. The molecule has 0 aliphatic rings. The molecular formula is C12H17F3O2. The number of hydrogen-bond acceptors (Lipinski definition) is 1. The number of carboxylic acid groups (broad SMARTS) is 1. The second-order valence-corrected chi connectivity index (χ2v) is 2.98. The minimum Gasteiger partial charge on any atom is -0.483 e. The highest BCUT2D eigenvalue weighted by Gasteiger charge is 2.30. The molecule has 0 amide bonds. The van der Waals surface area contributed by atoms with Crippen molar-refractivity contribution >= 4 is 6.47 Å².